The number of halogens is 1. The molecule has 0 aliphatic heterocycles. The smallest absolute Gasteiger partial charge is 0.191 e. The van der Waals surface area contributed by atoms with Gasteiger partial charge in [0.1, 0.15) is 0 Å². The largest absolute Gasteiger partial charge is 0.376 e. The van der Waals surface area contributed by atoms with Gasteiger partial charge in [-0.3, -0.25) is 4.98 Å². The number of guanidine groups is 1. The van der Waals surface area contributed by atoms with Crippen LogP contribution >= 0.6 is 24.0 Å². The second-order valence-corrected chi connectivity index (χ2v) is 6.45. The molecule has 6 heteroatoms. The lowest BCUT2D eigenvalue weighted by Gasteiger charge is -2.16. The fraction of sp³-hybridized carbons (Fsp3) is 0.429. The fourth-order valence-electron chi connectivity index (χ4n) is 2.46. The molecule has 1 unspecified atom stereocenters. The van der Waals surface area contributed by atoms with Crippen LogP contribution in [0.2, 0.25) is 0 Å². The van der Waals surface area contributed by atoms with Crippen molar-refractivity contribution in [3.63, 3.8) is 0 Å². The van der Waals surface area contributed by atoms with E-state index in [0.717, 1.165) is 30.3 Å². The molecule has 0 radical (unpaired) electrons. The van der Waals surface area contributed by atoms with Gasteiger partial charge in [0.25, 0.3) is 0 Å². The van der Waals surface area contributed by atoms with E-state index in [-0.39, 0.29) is 24.0 Å². The van der Waals surface area contributed by atoms with Crippen LogP contribution in [0.4, 0.5) is 0 Å². The van der Waals surface area contributed by atoms with Gasteiger partial charge in [-0.2, -0.15) is 0 Å². The summed E-state index contributed by atoms with van der Waals surface area (Å²) in [4.78, 5) is 9.03. The third kappa shape index (κ3) is 9.19. The van der Waals surface area contributed by atoms with Crippen molar-refractivity contribution in [3.05, 3.63) is 65.5 Å². The highest BCUT2D eigenvalue weighted by Crippen LogP contribution is 2.05. The third-order valence-electron chi connectivity index (χ3n) is 3.98. The number of rotatable bonds is 9. The maximum Gasteiger partial charge on any atom is 0.191 e. The van der Waals surface area contributed by atoms with Crippen LogP contribution in [0.1, 0.15) is 30.7 Å². The molecule has 2 rings (SSSR count). The van der Waals surface area contributed by atoms with Crippen molar-refractivity contribution < 1.29 is 4.74 Å². The molecule has 0 fully saturated rings. The average molecular weight is 482 g/mol. The highest BCUT2D eigenvalue weighted by atomic mass is 127. The van der Waals surface area contributed by atoms with Gasteiger partial charge >= 0.3 is 0 Å². The Balaban J connectivity index is 0.00000364. The molecule has 1 atom stereocenters. The number of benzene rings is 1. The van der Waals surface area contributed by atoms with Crippen molar-refractivity contribution in [3.8, 4) is 0 Å². The Labute approximate surface area is 180 Å². The summed E-state index contributed by atoms with van der Waals surface area (Å²) in [5.74, 6) is 1.20. The summed E-state index contributed by atoms with van der Waals surface area (Å²) in [6.45, 7) is 9.86. The number of pyridine rings is 1. The molecule has 0 bridgehead atoms. The second-order valence-electron chi connectivity index (χ2n) is 6.45. The lowest BCUT2D eigenvalue weighted by molar-refractivity contribution is 0.0931. The standard InChI is InChI=1S/C21H30N4O.HI/c1-4-22-21(25-14-20-18(3)9-8-12-23-20)24-13-17(2)15-26-16-19-10-6-5-7-11-19;/h5-12,17H,4,13-16H2,1-3H3,(H2,22,24,25);1H. The van der Waals surface area contributed by atoms with Gasteiger partial charge in [-0.1, -0.05) is 43.3 Å². The van der Waals surface area contributed by atoms with Crippen LogP contribution in [-0.4, -0.2) is 30.6 Å². The number of hydrogen-bond donors (Lipinski definition) is 2. The Morgan fingerprint density at radius 2 is 1.93 bits per heavy atom. The molecule has 1 aromatic carbocycles. The predicted octanol–water partition coefficient (Wildman–Crippen LogP) is 3.92. The van der Waals surface area contributed by atoms with Gasteiger partial charge in [-0.15, -0.1) is 24.0 Å². The molecular weight excluding hydrogens is 451 g/mol. The van der Waals surface area contributed by atoms with Crippen LogP contribution in [0.15, 0.2) is 53.7 Å². The van der Waals surface area contributed by atoms with Crippen LogP contribution in [-0.2, 0) is 17.9 Å². The van der Waals surface area contributed by atoms with Crippen molar-refractivity contribution in [2.75, 3.05) is 19.7 Å². The highest BCUT2D eigenvalue weighted by Gasteiger charge is 2.05. The number of aliphatic imine (C=N–C) groups is 1. The topological polar surface area (TPSA) is 58.5 Å². The first-order valence-corrected chi connectivity index (χ1v) is 9.23. The second kappa shape index (κ2) is 13.5. The Morgan fingerprint density at radius 1 is 1.15 bits per heavy atom. The quantitative estimate of drug-likeness (QED) is 0.323. The molecule has 0 saturated heterocycles. The molecule has 0 saturated carbocycles. The minimum Gasteiger partial charge on any atom is -0.376 e. The normalized spacial score (nSPS) is 12.2. The zero-order valence-electron chi connectivity index (χ0n) is 16.4. The van der Waals surface area contributed by atoms with Crippen LogP contribution in [0, 0.1) is 12.8 Å². The number of ether oxygens (including phenoxy) is 1. The summed E-state index contributed by atoms with van der Waals surface area (Å²) in [5, 5.41) is 6.67. The lowest BCUT2D eigenvalue weighted by atomic mass is 10.2. The van der Waals surface area contributed by atoms with Crippen LogP contribution < -0.4 is 10.6 Å². The van der Waals surface area contributed by atoms with Crippen molar-refractivity contribution in [2.45, 2.75) is 33.9 Å². The van der Waals surface area contributed by atoms with Gasteiger partial charge in [0, 0.05) is 19.3 Å². The maximum atomic E-state index is 5.81. The molecule has 27 heavy (non-hydrogen) atoms. The van der Waals surface area contributed by atoms with Gasteiger partial charge in [-0.25, -0.2) is 4.99 Å². The van der Waals surface area contributed by atoms with E-state index in [9.17, 15) is 0 Å². The fourth-order valence-corrected chi connectivity index (χ4v) is 2.46. The minimum absolute atomic E-state index is 0. The number of aryl methyl sites for hydroxylation is 1. The Hall–Kier alpha value is -1.67. The number of nitrogens with zero attached hydrogens (tertiary/aromatic N) is 2. The van der Waals surface area contributed by atoms with Gasteiger partial charge < -0.3 is 15.4 Å². The zero-order valence-corrected chi connectivity index (χ0v) is 18.8. The van der Waals surface area contributed by atoms with E-state index in [4.69, 9.17) is 4.74 Å². The van der Waals surface area contributed by atoms with Crippen molar-refractivity contribution in [1.29, 1.82) is 0 Å². The summed E-state index contributed by atoms with van der Waals surface area (Å²) >= 11 is 0. The molecule has 148 valence electrons. The monoisotopic (exact) mass is 482 g/mol. The van der Waals surface area contributed by atoms with Gasteiger partial charge in [0.15, 0.2) is 5.96 Å². The zero-order chi connectivity index (χ0) is 18.6. The maximum absolute atomic E-state index is 5.81. The Kier molecular flexibility index (Phi) is 11.7. The van der Waals surface area contributed by atoms with E-state index in [1.807, 2.05) is 30.5 Å². The summed E-state index contributed by atoms with van der Waals surface area (Å²) in [6.07, 6.45) is 1.81. The average Bonchev–Trinajstić information content (AvgIpc) is 2.66. The first-order valence-electron chi connectivity index (χ1n) is 9.23. The molecule has 2 aromatic rings. The van der Waals surface area contributed by atoms with E-state index >= 15 is 0 Å². The molecule has 1 heterocycles. The molecular formula is C21H31IN4O. The predicted molar refractivity (Wildman–Crippen MR) is 122 cm³/mol. The Bertz CT molecular complexity index is 679. The minimum atomic E-state index is 0. The van der Waals surface area contributed by atoms with Gasteiger partial charge in [0.2, 0.25) is 0 Å². The first-order chi connectivity index (χ1) is 12.7. The number of hydrogen-bond acceptors (Lipinski definition) is 3. The van der Waals surface area contributed by atoms with Crippen LogP contribution in [0.5, 0.6) is 0 Å². The van der Waals surface area contributed by atoms with E-state index < -0.39 is 0 Å². The van der Waals surface area contributed by atoms with Crippen LogP contribution in [0.25, 0.3) is 0 Å². The number of aromatic nitrogens is 1. The van der Waals surface area contributed by atoms with E-state index in [2.05, 4.69) is 59.6 Å². The summed E-state index contributed by atoms with van der Waals surface area (Å²) < 4.78 is 5.81. The Morgan fingerprint density at radius 3 is 2.63 bits per heavy atom. The molecule has 2 N–H and O–H groups in total. The molecule has 0 aliphatic carbocycles. The highest BCUT2D eigenvalue weighted by molar-refractivity contribution is 14.0. The van der Waals surface area contributed by atoms with Crippen molar-refractivity contribution >= 4 is 29.9 Å². The molecule has 0 amide bonds. The molecule has 5 nitrogen and oxygen atoms in total. The summed E-state index contributed by atoms with van der Waals surface area (Å²) in [6, 6.07) is 14.3. The van der Waals surface area contributed by atoms with Crippen molar-refractivity contribution in [1.82, 2.24) is 15.6 Å². The summed E-state index contributed by atoms with van der Waals surface area (Å²) in [5.41, 5.74) is 3.37. The molecule has 0 spiro atoms. The van der Waals surface area contributed by atoms with E-state index in [1.165, 1.54) is 5.56 Å². The summed E-state index contributed by atoms with van der Waals surface area (Å²) in [7, 11) is 0. The van der Waals surface area contributed by atoms with Crippen molar-refractivity contribution in [2.24, 2.45) is 10.9 Å². The van der Waals surface area contributed by atoms with Crippen LogP contribution in [0.3, 0.4) is 0 Å². The third-order valence-corrected chi connectivity index (χ3v) is 3.98. The first kappa shape index (κ1) is 23.4. The van der Waals surface area contributed by atoms with Gasteiger partial charge in [-0.05, 0) is 37.0 Å². The SMILES string of the molecule is CCNC(=NCc1ncccc1C)NCC(C)COCc1ccccc1.I. The van der Waals surface area contributed by atoms with Gasteiger partial charge in [0.05, 0.1) is 25.5 Å². The van der Waals surface area contributed by atoms with E-state index in [0.29, 0.717) is 25.7 Å². The number of nitrogens with one attached hydrogen (secondary N) is 2. The molecule has 1 aromatic heterocycles. The van der Waals surface area contributed by atoms with E-state index in [1.54, 1.807) is 0 Å². The lowest BCUT2D eigenvalue weighted by Crippen LogP contribution is -2.40. The molecule has 0 aliphatic rings.